The lowest BCUT2D eigenvalue weighted by Gasteiger charge is -2.17. The highest BCUT2D eigenvalue weighted by atomic mass is 32.2. The first-order chi connectivity index (χ1) is 15.8. The van der Waals surface area contributed by atoms with Crippen LogP contribution in [0.5, 0.6) is 11.5 Å². The van der Waals surface area contributed by atoms with E-state index >= 15 is 0 Å². The molecule has 0 aliphatic rings. The fourth-order valence-electron chi connectivity index (χ4n) is 3.28. The highest BCUT2D eigenvalue weighted by Gasteiger charge is 2.21. The molecule has 0 heterocycles. The molecule has 2 rings (SSSR count). The summed E-state index contributed by atoms with van der Waals surface area (Å²) in [7, 11) is -1.90. The Hall–Kier alpha value is -2.65. The highest BCUT2D eigenvalue weighted by molar-refractivity contribution is 7.89. The largest absolute Gasteiger partial charge is 0.493 e. The Morgan fingerprint density at radius 1 is 1.09 bits per heavy atom. The van der Waals surface area contributed by atoms with Crippen molar-refractivity contribution in [2.75, 3.05) is 26.0 Å². The molecule has 9 heteroatoms. The lowest BCUT2D eigenvalue weighted by atomic mass is 10.1. The maximum atomic E-state index is 13.0. The zero-order valence-corrected chi connectivity index (χ0v) is 20.2. The van der Waals surface area contributed by atoms with Gasteiger partial charge < -0.3 is 14.8 Å². The van der Waals surface area contributed by atoms with Gasteiger partial charge in [-0.1, -0.05) is 31.2 Å². The molecule has 1 amide bonds. The van der Waals surface area contributed by atoms with Crippen LogP contribution in [0.25, 0.3) is 0 Å². The Kier molecular flexibility index (Phi) is 10.6. The standard InChI is InChI=1S/C24H33FN2O5S/c1-4-21(27-33(29,30)5-2)24(28)26-16-15-19-9-6-10-22(23(19)31-3)32-17-7-8-18-11-13-20(25)14-12-18/h6,9-14,21,27H,4-5,7-8,15-17H2,1-3H3,(H,26,28). The fourth-order valence-corrected chi connectivity index (χ4v) is 4.15. The maximum Gasteiger partial charge on any atom is 0.238 e. The summed E-state index contributed by atoms with van der Waals surface area (Å²) in [6, 6.07) is 11.2. The predicted octanol–water partition coefficient (Wildman–Crippen LogP) is 3.22. The van der Waals surface area contributed by atoms with Gasteiger partial charge in [0.1, 0.15) is 11.9 Å². The molecule has 1 atom stereocenters. The van der Waals surface area contributed by atoms with Gasteiger partial charge in [-0.2, -0.15) is 0 Å². The van der Waals surface area contributed by atoms with Crippen LogP contribution >= 0.6 is 0 Å². The quantitative estimate of drug-likeness (QED) is 0.405. The molecule has 0 radical (unpaired) electrons. The van der Waals surface area contributed by atoms with Crippen LogP contribution < -0.4 is 19.5 Å². The van der Waals surface area contributed by atoms with Crippen LogP contribution in [0.15, 0.2) is 42.5 Å². The number of halogens is 1. The highest BCUT2D eigenvalue weighted by Crippen LogP contribution is 2.31. The molecule has 0 aliphatic carbocycles. The van der Waals surface area contributed by atoms with Crippen LogP contribution in [0.4, 0.5) is 4.39 Å². The Labute approximate surface area is 195 Å². The van der Waals surface area contributed by atoms with Gasteiger partial charge >= 0.3 is 0 Å². The van der Waals surface area contributed by atoms with E-state index in [0.29, 0.717) is 37.5 Å². The summed E-state index contributed by atoms with van der Waals surface area (Å²) >= 11 is 0. The number of sulfonamides is 1. The zero-order chi connectivity index (χ0) is 24.3. The van der Waals surface area contributed by atoms with Gasteiger partial charge in [0.25, 0.3) is 0 Å². The number of amides is 1. The SMILES string of the molecule is CCC(NS(=O)(=O)CC)C(=O)NCCc1cccc(OCCCc2ccc(F)cc2)c1OC. The van der Waals surface area contributed by atoms with Gasteiger partial charge in [-0.3, -0.25) is 4.79 Å². The van der Waals surface area contributed by atoms with Crippen molar-refractivity contribution >= 4 is 15.9 Å². The first kappa shape index (κ1) is 26.6. The number of rotatable bonds is 14. The number of ether oxygens (including phenoxy) is 2. The Bertz CT molecular complexity index is 996. The molecule has 0 aliphatic heterocycles. The minimum atomic E-state index is -3.46. The van der Waals surface area contributed by atoms with Crippen molar-refractivity contribution in [2.45, 2.75) is 45.6 Å². The van der Waals surface area contributed by atoms with Gasteiger partial charge in [0.2, 0.25) is 15.9 Å². The van der Waals surface area contributed by atoms with Gasteiger partial charge in [-0.05, 0) is 61.9 Å². The second-order valence-corrected chi connectivity index (χ2v) is 9.59. The number of methoxy groups -OCH3 is 1. The molecule has 0 aromatic heterocycles. The summed E-state index contributed by atoms with van der Waals surface area (Å²) in [5, 5.41) is 2.79. The number of hydrogen-bond acceptors (Lipinski definition) is 5. The average Bonchev–Trinajstić information content (AvgIpc) is 2.81. The average molecular weight is 481 g/mol. The van der Waals surface area contributed by atoms with E-state index in [1.807, 2.05) is 18.2 Å². The molecule has 0 saturated carbocycles. The van der Waals surface area contributed by atoms with E-state index in [1.54, 1.807) is 26.2 Å². The van der Waals surface area contributed by atoms with E-state index in [4.69, 9.17) is 9.47 Å². The minimum Gasteiger partial charge on any atom is -0.493 e. The van der Waals surface area contributed by atoms with Crippen molar-refractivity contribution in [1.29, 1.82) is 0 Å². The Morgan fingerprint density at radius 3 is 2.45 bits per heavy atom. The molecule has 2 aromatic carbocycles. The van der Waals surface area contributed by atoms with Crippen LogP contribution in [0, 0.1) is 5.82 Å². The number of carbonyl (C=O) groups is 1. The molecule has 182 valence electrons. The van der Waals surface area contributed by atoms with Crippen molar-refractivity contribution in [3.05, 3.63) is 59.4 Å². The van der Waals surface area contributed by atoms with Crippen LogP contribution in [-0.4, -0.2) is 46.4 Å². The number of nitrogens with one attached hydrogen (secondary N) is 2. The summed E-state index contributed by atoms with van der Waals surface area (Å²) in [5.41, 5.74) is 1.92. The summed E-state index contributed by atoms with van der Waals surface area (Å²) < 4.78 is 50.4. The Balaban J connectivity index is 1.88. The molecule has 0 bridgehead atoms. The fraction of sp³-hybridized carbons (Fsp3) is 0.458. The summed E-state index contributed by atoms with van der Waals surface area (Å²) in [6.07, 6.45) is 2.39. The molecule has 1 unspecified atom stereocenters. The van der Waals surface area contributed by atoms with Gasteiger partial charge in [0.05, 0.1) is 19.5 Å². The molecule has 7 nitrogen and oxygen atoms in total. The third-order valence-electron chi connectivity index (χ3n) is 5.17. The van der Waals surface area contributed by atoms with Crippen LogP contribution in [0.3, 0.4) is 0 Å². The van der Waals surface area contributed by atoms with Gasteiger partial charge in [-0.25, -0.2) is 17.5 Å². The van der Waals surface area contributed by atoms with Crippen LogP contribution in [0.2, 0.25) is 0 Å². The smallest absolute Gasteiger partial charge is 0.238 e. The van der Waals surface area contributed by atoms with Gasteiger partial charge in [-0.15, -0.1) is 0 Å². The first-order valence-corrected chi connectivity index (χ1v) is 12.8. The van der Waals surface area contributed by atoms with Crippen molar-refractivity contribution < 1.29 is 27.1 Å². The van der Waals surface area contributed by atoms with Gasteiger partial charge in [0, 0.05) is 6.54 Å². The predicted molar refractivity (Wildman–Crippen MR) is 127 cm³/mol. The number of hydrogen-bond donors (Lipinski definition) is 2. The minimum absolute atomic E-state index is 0.0787. The second kappa shape index (κ2) is 13.2. The summed E-state index contributed by atoms with van der Waals surface area (Å²) in [5.74, 6) is 0.529. The number of benzene rings is 2. The zero-order valence-electron chi connectivity index (χ0n) is 19.4. The summed E-state index contributed by atoms with van der Waals surface area (Å²) in [4.78, 5) is 12.4. The first-order valence-electron chi connectivity index (χ1n) is 11.1. The molecule has 33 heavy (non-hydrogen) atoms. The normalized spacial score (nSPS) is 12.2. The van der Waals surface area contributed by atoms with Gasteiger partial charge in [0.15, 0.2) is 11.5 Å². The van der Waals surface area contributed by atoms with E-state index in [0.717, 1.165) is 24.0 Å². The maximum absolute atomic E-state index is 13.0. The van der Waals surface area contributed by atoms with E-state index in [1.165, 1.54) is 19.1 Å². The number of aryl methyl sites for hydroxylation is 1. The third-order valence-corrected chi connectivity index (χ3v) is 6.57. The van der Waals surface area contributed by atoms with Crippen LogP contribution in [-0.2, 0) is 27.7 Å². The third kappa shape index (κ3) is 8.66. The van der Waals surface area contributed by atoms with E-state index in [9.17, 15) is 17.6 Å². The van der Waals surface area contributed by atoms with E-state index in [2.05, 4.69) is 10.0 Å². The molecule has 0 fully saturated rings. The van der Waals surface area contributed by atoms with Crippen LogP contribution in [0.1, 0.15) is 37.8 Å². The second-order valence-electron chi connectivity index (χ2n) is 7.55. The number of carbonyl (C=O) groups excluding carboxylic acids is 1. The van der Waals surface area contributed by atoms with E-state index < -0.39 is 16.1 Å². The lowest BCUT2D eigenvalue weighted by Crippen LogP contribution is -2.47. The summed E-state index contributed by atoms with van der Waals surface area (Å²) in [6.45, 7) is 4.08. The van der Waals surface area contributed by atoms with E-state index in [-0.39, 0.29) is 17.5 Å². The molecular formula is C24H33FN2O5S. The van der Waals surface area contributed by atoms with Crippen molar-refractivity contribution in [3.63, 3.8) is 0 Å². The van der Waals surface area contributed by atoms with Crippen molar-refractivity contribution in [2.24, 2.45) is 0 Å². The lowest BCUT2D eigenvalue weighted by molar-refractivity contribution is -0.122. The Morgan fingerprint density at radius 2 is 1.82 bits per heavy atom. The van der Waals surface area contributed by atoms with Crippen molar-refractivity contribution in [3.8, 4) is 11.5 Å². The topological polar surface area (TPSA) is 93.7 Å². The molecule has 2 N–H and O–H groups in total. The number of para-hydroxylation sites is 1. The van der Waals surface area contributed by atoms with Crippen molar-refractivity contribution in [1.82, 2.24) is 10.0 Å². The molecular weight excluding hydrogens is 447 g/mol. The molecule has 0 spiro atoms. The molecule has 2 aromatic rings. The molecule has 0 saturated heterocycles. The monoisotopic (exact) mass is 480 g/mol.